The Morgan fingerprint density at radius 2 is 2.06 bits per heavy atom. The van der Waals surface area contributed by atoms with Crippen LogP contribution in [0.3, 0.4) is 0 Å². The van der Waals surface area contributed by atoms with Crippen molar-refractivity contribution in [3.8, 4) is 0 Å². The minimum absolute atomic E-state index is 0.0276. The molecule has 2 N–H and O–H groups in total. The van der Waals surface area contributed by atoms with E-state index in [1.807, 2.05) is 19.9 Å². The highest BCUT2D eigenvalue weighted by atomic mass is 32.1. The molecule has 96 valence electrons. The van der Waals surface area contributed by atoms with Gasteiger partial charge in [-0.15, -0.1) is 11.3 Å². The molecule has 1 aromatic heterocycles. The number of ketones is 1. The van der Waals surface area contributed by atoms with Crippen LogP contribution >= 0.6 is 11.3 Å². The zero-order chi connectivity index (χ0) is 12.8. The van der Waals surface area contributed by atoms with E-state index in [9.17, 15) is 4.79 Å². The Balaban J connectivity index is 2.59. The highest BCUT2D eigenvalue weighted by molar-refractivity contribution is 7.16. The number of anilines is 1. The van der Waals surface area contributed by atoms with Crippen molar-refractivity contribution in [2.75, 3.05) is 5.73 Å². The first-order chi connectivity index (χ1) is 8.06. The number of nitrogens with two attached hydrogens (primary N) is 1. The van der Waals surface area contributed by atoms with Gasteiger partial charge in [-0.1, -0.05) is 40.0 Å². The molecule has 1 rings (SSSR count). The van der Waals surface area contributed by atoms with E-state index in [2.05, 4.69) is 6.92 Å². The fraction of sp³-hybridized carbons (Fsp3) is 0.643. The number of unbranched alkanes of at least 4 members (excludes halogenated alkanes) is 3. The molecule has 1 aromatic rings. The molecule has 0 atom stereocenters. The molecule has 3 heteroatoms. The first-order valence-electron chi connectivity index (χ1n) is 6.48. The Bertz CT molecular complexity index is 368. The summed E-state index contributed by atoms with van der Waals surface area (Å²) in [4.78, 5) is 13.1. The van der Waals surface area contributed by atoms with Crippen LogP contribution in [0.4, 0.5) is 5.00 Å². The number of hydrogen-bond acceptors (Lipinski definition) is 3. The highest BCUT2D eigenvalue weighted by Crippen LogP contribution is 2.28. The molecule has 0 spiro atoms. The Kier molecular flexibility index (Phi) is 5.69. The quantitative estimate of drug-likeness (QED) is 0.582. The van der Waals surface area contributed by atoms with Crippen molar-refractivity contribution >= 4 is 22.1 Å². The van der Waals surface area contributed by atoms with Crippen molar-refractivity contribution in [3.63, 3.8) is 0 Å². The van der Waals surface area contributed by atoms with E-state index in [1.165, 1.54) is 30.6 Å². The number of carbonyl (C=O) groups excluding carboxylic acids is 1. The van der Waals surface area contributed by atoms with Gasteiger partial charge in [-0.25, -0.2) is 0 Å². The molecule has 0 bridgehead atoms. The minimum Gasteiger partial charge on any atom is -0.390 e. The predicted molar refractivity (Wildman–Crippen MR) is 75.7 cm³/mol. The second-order valence-electron chi connectivity index (χ2n) is 4.82. The average Bonchev–Trinajstić information content (AvgIpc) is 2.65. The number of nitrogen functional groups attached to an aromatic ring is 1. The summed E-state index contributed by atoms with van der Waals surface area (Å²) in [6, 6.07) is 1.99. The molecule has 0 radical (unpaired) electrons. The van der Waals surface area contributed by atoms with Crippen LogP contribution in [0.15, 0.2) is 6.07 Å². The zero-order valence-corrected chi connectivity index (χ0v) is 11.9. The van der Waals surface area contributed by atoms with E-state index in [4.69, 9.17) is 5.73 Å². The molecule has 17 heavy (non-hydrogen) atoms. The van der Waals surface area contributed by atoms with Gasteiger partial charge in [-0.05, 0) is 18.9 Å². The topological polar surface area (TPSA) is 43.1 Å². The SMILES string of the molecule is CCCCCCc1cc(C(=O)C(C)C)c(N)s1. The first-order valence-corrected chi connectivity index (χ1v) is 7.30. The lowest BCUT2D eigenvalue weighted by molar-refractivity contribution is 0.0940. The van der Waals surface area contributed by atoms with Crippen LogP contribution in [0.25, 0.3) is 0 Å². The van der Waals surface area contributed by atoms with Crippen molar-refractivity contribution in [1.29, 1.82) is 0 Å². The van der Waals surface area contributed by atoms with Crippen LogP contribution in [-0.4, -0.2) is 5.78 Å². The van der Waals surface area contributed by atoms with Crippen molar-refractivity contribution in [2.45, 2.75) is 52.9 Å². The molecule has 0 unspecified atom stereocenters. The van der Waals surface area contributed by atoms with Crippen molar-refractivity contribution in [1.82, 2.24) is 0 Å². The molecule has 0 aliphatic rings. The van der Waals surface area contributed by atoms with E-state index >= 15 is 0 Å². The van der Waals surface area contributed by atoms with Crippen molar-refractivity contribution in [3.05, 3.63) is 16.5 Å². The number of thiophene rings is 1. The summed E-state index contributed by atoms with van der Waals surface area (Å²) in [5.74, 6) is 0.193. The van der Waals surface area contributed by atoms with Gasteiger partial charge in [0.1, 0.15) is 0 Å². The number of hydrogen-bond donors (Lipinski definition) is 1. The molecule has 0 aromatic carbocycles. The highest BCUT2D eigenvalue weighted by Gasteiger charge is 2.16. The zero-order valence-electron chi connectivity index (χ0n) is 11.1. The van der Waals surface area contributed by atoms with Gasteiger partial charge < -0.3 is 5.73 Å². The summed E-state index contributed by atoms with van der Waals surface area (Å²) in [6.45, 7) is 6.04. The molecular formula is C14H23NOS. The molecule has 2 nitrogen and oxygen atoms in total. The van der Waals surface area contributed by atoms with Crippen LogP contribution < -0.4 is 5.73 Å². The third kappa shape index (κ3) is 4.15. The van der Waals surface area contributed by atoms with Crippen LogP contribution in [0.2, 0.25) is 0 Å². The normalized spacial score (nSPS) is 11.1. The third-order valence-corrected chi connectivity index (χ3v) is 3.90. The lowest BCUT2D eigenvalue weighted by atomic mass is 10.0. The van der Waals surface area contributed by atoms with Crippen LogP contribution in [-0.2, 0) is 6.42 Å². The van der Waals surface area contributed by atoms with Crippen LogP contribution in [0, 0.1) is 5.92 Å². The molecule has 0 aliphatic heterocycles. The molecule has 1 heterocycles. The van der Waals surface area contributed by atoms with Crippen molar-refractivity contribution < 1.29 is 4.79 Å². The van der Waals surface area contributed by atoms with E-state index in [1.54, 1.807) is 11.3 Å². The van der Waals surface area contributed by atoms with E-state index in [0.717, 1.165) is 12.0 Å². The summed E-state index contributed by atoms with van der Waals surface area (Å²) in [7, 11) is 0. The molecule has 0 aliphatic carbocycles. The maximum atomic E-state index is 11.9. The molecular weight excluding hydrogens is 230 g/mol. The molecule has 0 saturated carbocycles. The predicted octanol–water partition coefficient (Wildman–Crippen LogP) is 4.29. The van der Waals surface area contributed by atoms with Gasteiger partial charge in [0.15, 0.2) is 5.78 Å². The lowest BCUT2D eigenvalue weighted by Crippen LogP contribution is -2.08. The van der Waals surface area contributed by atoms with Gasteiger partial charge >= 0.3 is 0 Å². The summed E-state index contributed by atoms with van der Waals surface area (Å²) < 4.78 is 0. The number of rotatable bonds is 7. The lowest BCUT2D eigenvalue weighted by Gasteiger charge is -2.01. The van der Waals surface area contributed by atoms with Gasteiger partial charge in [0, 0.05) is 10.8 Å². The summed E-state index contributed by atoms with van der Waals surface area (Å²) >= 11 is 1.58. The standard InChI is InChI=1S/C14H23NOS/c1-4-5-6-7-8-11-9-12(14(15)17-11)13(16)10(2)3/h9-10H,4-8,15H2,1-3H3. The number of carbonyl (C=O) groups is 1. The number of Topliss-reactive ketones (excluding diaryl/α,β-unsaturated/α-hetero) is 1. The fourth-order valence-corrected chi connectivity index (χ4v) is 2.79. The Labute approximate surface area is 108 Å². The first kappa shape index (κ1) is 14.2. The van der Waals surface area contributed by atoms with Gasteiger partial charge in [0.2, 0.25) is 0 Å². The maximum absolute atomic E-state index is 11.9. The van der Waals surface area contributed by atoms with Crippen LogP contribution in [0.1, 0.15) is 61.7 Å². The monoisotopic (exact) mass is 253 g/mol. The van der Waals surface area contributed by atoms with E-state index in [0.29, 0.717) is 5.00 Å². The molecule has 0 fully saturated rings. The maximum Gasteiger partial charge on any atom is 0.168 e. The average molecular weight is 253 g/mol. The fourth-order valence-electron chi connectivity index (χ4n) is 1.81. The second-order valence-corrected chi connectivity index (χ2v) is 5.99. The second kappa shape index (κ2) is 6.80. The van der Waals surface area contributed by atoms with E-state index in [-0.39, 0.29) is 11.7 Å². The summed E-state index contributed by atoms with van der Waals surface area (Å²) in [5.41, 5.74) is 6.64. The third-order valence-electron chi connectivity index (χ3n) is 2.88. The largest absolute Gasteiger partial charge is 0.390 e. The Hall–Kier alpha value is -0.830. The molecule has 0 saturated heterocycles. The number of aryl methyl sites for hydroxylation is 1. The minimum atomic E-state index is 0.0276. The van der Waals surface area contributed by atoms with Gasteiger partial charge in [0.05, 0.1) is 10.6 Å². The Morgan fingerprint density at radius 3 is 2.65 bits per heavy atom. The smallest absolute Gasteiger partial charge is 0.168 e. The van der Waals surface area contributed by atoms with Gasteiger partial charge in [0.25, 0.3) is 0 Å². The van der Waals surface area contributed by atoms with Crippen LogP contribution in [0.5, 0.6) is 0 Å². The van der Waals surface area contributed by atoms with Gasteiger partial charge in [-0.2, -0.15) is 0 Å². The molecule has 0 amide bonds. The summed E-state index contributed by atoms with van der Waals surface area (Å²) in [6.07, 6.45) is 6.06. The summed E-state index contributed by atoms with van der Waals surface area (Å²) in [5, 5.41) is 0.689. The van der Waals surface area contributed by atoms with Gasteiger partial charge in [-0.3, -0.25) is 4.79 Å². The van der Waals surface area contributed by atoms with Crippen molar-refractivity contribution in [2.24, 2.45) is 5.92 Å². The van der Waals surface area contributed by atoms with E-state index < -0.39 is 0 Å². The Morgan fingerprint density at radius 1 is 1.35 bits per heavy atom.